The number of rotatable bonds is 17. The Morgan fingerprint density at radius 2 is 0.769 bits per heavy atom. The first-order chi connectivity index (χ1) is 61.5. The molecule has 0 saturated carbocycles. The Labute approximate surface area is 736 Å². The van der Waals surface area contributed by atoms with Crippen molar-refractivity contribution in [3.8, 4) is 86.1 Å². The molecule has 0 fully saturated rings. The molecule has 130 heavy (non-hydrogen) atoms. The molecule has 0 aliphatic rings. The standard InChI is InChI=1S/C29H18F4N4O3S.C23H10ClF5N2O4S.C22H14ClFN4O3S.C7H6BF3O2.C4H4FN3/c1-40-26-12-24(17-3-2-4-20(9-17)29(31,32)33)19(13-34)11-25(26)28-23-6-5-22(10-18(23)7-8-35-28)41(38,39)16-27-36-14-21(30)15-37-27;1-34-16-8-15(24)11(9-30)7-14(16)22-13-3-2-12(6-10(13)4-5-31-22)36(32,33)35-23-20(28)18(26)17(25)19(27)21(23)29;1-31-20-8-19(23)14(9-25)7-18(20)22-17-3-2-16(6-13(17)4-5-26-22)32(29,30)12-21-27-10-15(24)11-28-21;9-7(10,11)5-2-1-3-6(4-5)8(12)13;5-3-1-7-4(6)8-2-3/h2-12,14-15H,16H2,1H3;2-8H,1H3;2-8,10-11H,12H2,1H3;1-4,12-13H;1-2H,(H2,6,7,8). The molecular weight excluding hydrogens is 1840 g/mol. The quantitative estimate of drug-likeness (QED) is 0.0250. The van der Waals surface area contributed by atoms with E-state index >= 15 is 0 Å². The molecule has 25 nitrogen and oxygen atoms in total. The number of hydrogen-bond donors (Lipinski definition) is 3. The minimum atomic E-state index is -5.04. The molecule has 4 N–H and O–H groups in total. The number of pyridine rings is 3. The Kier molecular flexibility index (Phi) is 29.6. The van der Waals surface area contributed by atoms with Crippen molar-refractivity contribution in [2.75, 3.05) is 27.1 Å². The van der Waals surface area contributed by atoms with E-state index in [9.17, 15) is 103 Å². The van der Waals surface area contributed by atoms with Crippen molar-refractivity contribution in [1.29, 1.82) is 15.8 Å². The Hall–Kier alpha value is -14.6. The molecule has 15 rings (SSSR count). The molecule has 0 atom stereocenters. The molecule has 6 heterocycles. The van der Waals surface area contributed by atoms with Crippen LogP contribution in [0, 0.1) is 80.5 Å². The van der Waals surface area contributed by atoms with Crippen molar-refractivity contribution in [3.05, 3.63) is 310 Å². The third kappa shape index (κ3) is 22.3. The average Bonchev–Trinajstić information content (AvgIpc) is 0.766. The van der Waals surface area contributed by atoms with Gasteiger partial charge in [-0.2, -0.15) is 59.3 Å². The second-order valence-corrected chi connectivity index (χ2v) is 32.9. The zero-order valence-electron chi connectivity index (χ0n) is 65.9. The summed E-state index contributed by atoms with van der Waals surface area (Å²) in [6.07, 6.45) is 0.957. The van der Waals surface area contributed by atoms with Crippen LogP contribution in [0.4, 0.5) is 67.4 Å². The minimum absolute atomic E-state index is 0.00292. The number of nitriles is 3. The van der Waals surface area contributed by atoms with E-state index in [1.165, 1.54) is 125 Å². The van der Waals surface area contributed by atoms with Gasteiger partial charge in [0.05, 0.1) is 129 Å². The van der Waals surface area contributed by atoms with Gasteiger partial charge in [-0.05, 0) is 118 Å². The summed E-state index contributed by atoms with van der Waals surface area (Å²) in [5.74, 6) is -15.8. The Morgan fingerprint density at radius 1 is 0.415 bits per heavy atom. The maximum atomic E-state index is 13.9. The molecule has 0 bridgehead atoms. The van der Waals surface area contributed by atoms with Gasteiger partial charge in [-0.1, -0.05) is 77.8 Å². The van der Waals surface area contributed by atoms with Gasteiger partial charge in [-0.15, -0.1) is 0 Å². The largest absolute Gasteiger partial charge is 0.496 e. The van der Waals surface area contributed by atoms with E-state index in [1.807, 2.05) is 18.2 Å². The number of methoxy groups -OCH3 is 3. The van der Waals surface area contributed by atoms with Crippen LogP contribution in [-0.2, 0) is 53.7 Å². The van der Waals surface area contributed by atoms with Crippen LogP contribution in [0.3, 0.4) is 0 Å². The summed E-state index contributed by atoms with van der Waals surface area (Å²) in [6, 6.07) is 40.5. The number of nitrogens with two attached hydrogens (primary N) is 1. The SMILES string of the molecule is COc1cc(-c2cccc(C(F)(F)F)c2)c(C#N)cc1-c1nccc2cc(S(=O)(=O)Cc3ncc(F)cn3)ccc12.COc1cc(Cl)c(C#N)cc1-c1nccc2cc(S(=O)(=O)Cc3ncc(F)cn3)ccc12.COc1cc(Cl)c(C#N)cc1-c1nccc2cc(S(=O)(=O)Oc3c(F)c(F)c(F)c(F)c3F)ccc12.Nc1ncc(F)cn1.OB(O)c1cccc(C(F)(F)F)c1. The van der Waals surface area contributed by atoms with Gasteiger partial charge in [0, 0.05) is 69.1 Å². The van der Waals surface area contributed by atoms with Crippen LogP contribution >= 0.6 is 23.2 Å². The highest BCUT2D eigenvalue weighted by molar-refractivity contribution is 7.91. The molecule has 0 aliphatic carbocycles. The van der Waals surface area contributed by atoms with E-state index in [1.54, 1.807) is 30.3 Å². The van der Waals surface area contributed by atoms with E-state index < -0.39 is 129 Å². The number of ether oxygens (including phenoxy) is 3. The normalized spacial score (nSPS) is 11.4. The van der Waals surface area contributed by atoms with Gasteiger partial charge in [-0.3, -0.25) is 15.0 Å². The zero-order chi connectivity index (χ0) is 94.6. The predicted octanol–water partition coefficient (Wildman–Crippen LogP) is 17.2. The maximum absolute atomic E-state index is 13.9. The third-order valence-corrected chi connectivity index (χ3v) is 23.3. The summed E-state index contributed by atoms with van der Waals surface area (Å²) < 4.78 is 280. The van der Waals surface area contributed by atoms with E-state index in [4.69, 9.17) is 53.2 Å². The lowest BCUT2D eigenvalue weighted by Gasteiger charge is -2.15. The van der Waals surface area contributed by atoms with Crippen molar-refractivity contribution < 1.29 is 115 Å². The van der Waals surface area contributed by atoms with Crippen LogP contribution in [0.2, 0.25) is 10.0 Å². The van der Waals surface area contributed by atoms with Gasteiger partial charge in [-0.25, -0.2) is 73.1 Å². The number of halogens is 16. The number of sulfone groups is 2. The summed E-state index contributed by atoms with van der Waals surface area (Å²) in [5, 5.41) is 49.1. The monoisotopic (exact) mass is 1890 g/mol. The third-order valence-electron chi connectivity index (χ3n) is 18.3. The van der Waals surface area contributed by atoms with Crippen LogP contribution < -0.4 is 29.6 Å². The summed E-state index contributed by atoms with van der Waals surface area (Å²) in [4.78, 5) is 34.1. The van der Waals surface area contributed by atoms with Gasteiger partial charge in [0.1, 0.15) is 57.4 Å². The number of aromatic nitrogens is 9. The molecule has 6 aromatic heterocycles. The number of benzene rings is 9. The molecule has 45 heteroatoms. The average molecular weight is 1890 g/mol. The summed E-state index contributed by atoms with van der Waals surface area (Å²) >= 11 is 12.2. The highest BCUT2D eigenvalue weighted by atomic mass is 35.5. The van der Waals surface area contributed by atoms with Crippen molar-refractivity contribution in [2.45, 2.75) is 38.5 Å². The van der Waals surface area contributed by atoms with Crippen molar-refractivity contribution in [2.24, 2.45) is 0 Å². The lowest BCUT2D eigenvalue weighted by Crippen LogP contribution is -2.30. The smallest absolute Gasteiger partial charge is 0.488 e. The van der Waals surface area contributed by atoms with Gasteiger partial charge >= 0.3 is 29.6 Å². The van der Waals surface area contributed by atoms with Crippen molar-refractivity contribution >= 4 is 104 Å². The second kappa shape index (κ2) is 40.1. The van der Waals surface area contributed by atoms with Crippen molar-refractivity contribution in [3.63, 3.8) is 0 Å². The Morgan fingerprint density at radius 3 is 1.15 bits per heavy atom. The molecule has 0 spiro atoms. The first-order valence-corrected chi connectivity index (χ1v) is 41.6. The highest BCUT2D eigenvalue weighted by Gasteiger charge is 2.35. The molecule has 0 saturated heterocycles. The van der Waals surface area contributed by atoms with E-state index in [-0.39, 0.29) is 93.3 Å². The Bertz CT molecular complexity index is 7340. The zero-order valence-corrected chi connectivity index (χ0v) is 69.9. The fraction of sp³-hybridized carbons (Fsp3) is 0.0824. The van der Waals surface area contributed by atoms with Gasteiger partial charge in [0.2, 0.25) is 40.8 Å². The van der Waals surface area contributed by atoms with Crippen LogP contribution in [0.25, 0.3) is 77.2 Å². The number of anilines is 1. The topological polar surface area (TPSA) is 393 Å². The molecular formula is C85H52BCl2F14N13O12S3. The number of nitrogens with zero attached hydrogens (tertiary/aromatic N) is 12. The fourth-order valence-corrected chi connectivity index (χ4v) is 16.0. The first-order valence-electron chi connectivity index (χ1n) is 36.1. The van der Waals surface area contributed by atoms with Gasteiger partial charge in [0.15, 0.2) is 37.1 Å². The number of fused-ring (bicyclic) bond motifs is 3. The molecule has 0 amide bonds. The van der Waals surface area contributed by atoms with Crippen molar-refractivity contribution in [1.82, 2.24) is 44.9 Å². The van der Waals surface area contributed by atoms with Crippen LogP contribution in [0.15, 0.2) is 228 Å². The Balaban J connectivity index is 0.000000170. The van der Waals surface area contributed by atoms with Crippen LogP contribution in [0.1, 0.15) is 39.5 Å². The van der Waals surface area contributed by atoms with E-state index in [0.29, 0.717) is 66.8 Å². The molecule has 0 radical (unpaired) electrons. The van der Waals surface area contributed by atoms with E-state index in [0.717, 1.165) is 73.6 Å². The summed E-state index contributed by atoms with van der Waals surface area (Å²) in [7, 11) is -10.3. The minimum Gasteiger partial charge on any atom is -0.496 e. The highest BCUT2D eigenvalue weighted by Crippen LogP contribution is 2.44. The number of hydrogen-bond acceptors (Lipinski definition) is 25. The fourth-order valence-electron chi connectivity index (χ4n) is 12.1. The lowest BCUT2D eigenvalue weighted by molar-refractivity contribution is -0.138. The molecule has 15 aromatic rings. The van der Waals surface area contributed by atoms with Gasteiger partial charge < -0.3 is 34.2 Å². The number of alkyl halides is 6. The predicted molar refractivity (Wildman–Crippen MR) is 443 cm³/mol. The molecule has 0 aliphatic heterocycles. The number of nitrogen functional groups attached to an aromatic ring is 1. The molecule has 0 unspecified atom stereocenters. The molecule has 662 valence electrons. The maximum Gasteiger partial charge on any atom is 0.488 e. The van der Waals surface area contributed by atoms with Crippen LogP contribution in [0.5, 0.6) is 23.0 Å². The first kappa shape index (κ1) is 96.0. The van der Waals surface area contributed by atoms with Gasteiger partial charge in [0.25, 0.3) is 0 Å². The van der Waals surface area contributed by atoms with E-state index in [2.05, 4.69) is 49.0 Å². The molecule has 9 aromatic carbocycles. The summed E-state index contributed by atoms with van der Waals surface area (Å²) in [5.41, 5.74) is 6.50. The second-order valence-electron chi connectivity index (χ2n) is 26.6. The lowest BCUT2D eigenvalue weighted by atomic mass is 9.79. The van der Waals surface area contributed by atoms with Crippen LogP contribution in [-0.4, -0.2) is 109 Å². The summed E-state index contributed by atoms with van der Waals surface area (Å²) in [6.45, 7) is 0.